The van der Waals surface area contributed by atoms with Gasteiger partial charge in [0, 0.05) is 13.1 Å². The van der Waals surface area contributed by atoms with E-state index in [1.807, 2.05) is 10.2 Å². The Labute approximate surface area is 147 Å². The van der Waals surface area contributed by atoms with Crippen LogP contribution in [0.2, 0.25) is 0 Å². The molecule has 0 aromatic heterocycles. The molecule has 1 N–H and O–H groups in total. The van der Waals surface area contributed by atoms with Crippen LogP contribution in [0.25, 0.3) is 0 Å². The van der Waals surface area contributed by atoms with Gasteiger partial charge in [-0.05, 0) is 36.5 Å². The normalized spacial score (nSPS) is 26.9. The molecule has 1 aromatic carbocycles. The van der Waals surface area contributed by atoms with E-state index in [4.69, 9.17) is 4.74 Å². The molecule has 3 fully saturated rings. The van der Waals surface area contributed by atoms with Crippen molar-refractivity contribution in [2.24, 2.45) is 11.8 Å². The predicted molar refractivity (Wildman–Crippen MR) is 86.8 cm³/mol. The first-order valence-electron chi connectivity index (χ1n) is 8.51. The molecule has 4 rings (SSSR count). The first-order valence-corrected chi connectivity index (χ1v) is 8.51. The zero-order valence-electron chi connectivity index (χ0n) is 13.8. The van der Waals surface area contributed by atoms with Crippen molar-refractivity contribution in [2.75, 3.05) is 36.0 Å². The number of anilines is 2. The highest BCUT2D eigenvalue weighted by molar-refractivity contribution is 5.90. The molecular formula is C17H18F3N3O3. The average molecular weight is 369 g/mol. The van der Waals surface area contributed by atoms with E-state index in [0.717, 1.165) is 13.1 Å². The van der Waals surface area contributed by atoms with E-state index in [0.29, 0.717) is 23.2 Å². The lowest BCUT2D eigenvalue weighted by Crippen LogP contribution is -2.37. The van der Waals surface area contributed by atoms with Crippen molar-refractivity contribution in [1.29, 1.82) is 0 Å². The number of carbonyl (C=O) groups is 2. The fourth-order valence-electron chi connectivity index (χ4n) is 3.65. The van der Waals surface area contributed by atoms with Crippen molar-refractivity contribution in [3.8, 4) is 0 Å². The molecule has 1 aliphatic carbocycles. The van der Waals surface area contributed by atoms with Crippen molar-refractivity contribution >= 4 is 23.4 Å². The molecule has 3 aliphatic rings. The van der Waals surface area contributed by atoms with Crippen molar-refractivity contribution in [3.63, 3.8) is 0 Å². The predicted octanol–water partition coefficient (Wildman–Crippen LogP) is 1.99. The molecule has 26 heavy (non-hydrogen) atoms. The Morgan fingerprint density at radius 2 is 2.00 bits per heavy atom. The number of hydrogen-bond acceptors (Lipinski definition) is 4. The quantitative estimate of drug-likeness (QED) is 0.862. The topological polar surface area (TPSA) is 61.9 Å². The highest BCUT2D eigenvalue weighted by Crippen LogP contribution is 2.46. The lowest BCUT2D eigenvalue weighted by atomic mass is 10.2. The van der Waals surface area contributed by atoms with Crippen LogP contribution >= 0.6 is 0 Å². The maximum Gasteiger partial charge on any atom is 0.414 e. The summed E-state index contributed by atoms with van der Waals surface area (Å²) in [5, 5.41) is 2.01. The number of halogens is 3. The van der Waals surface area contributed by atoms with Gasteiger partial charge >= 0.3 is 12.5 Å². The van der Waals surface area contributed by atoms with Crippen LogP contribution in [0.4, 0.5) is 29.3 Å². The van der Waals surface area contributed by atoms with Crippen LogP contribution in [0.1, 0.15) is 6.42 Å². The number of nitrogens with zero attached hydrogens (tertiary/aromatic N) is 2. The number of alkyl halides is 2. The van der Waals surface area contributed by atoms with Gasteiger partial charge in [0.15, 0.2) is 0 Å². The highest BCUT2D eigenvalue weighted by Gasteiger charge is 2.45. The van der Waals surface area contributed by atoms with Gasteiger partial charge in [-0.3, -0.25) is 9.69 Å². The van der Waals surface area contributed by atoms with E-state index in [1.165, 1.54) is 17.4 Å². The Morgan fingerprint density at radius 1 is 1.27 bits per heavy atom. The zero-order chi connectivity index (χ0) is 18.4. The summed E-state index contributed by atoms with van der Waals surface area (Å²) < 4.78 is 43.9. The third-order valence-corrected chi connectivity index (χ3v) is 5.14. The number of piperidine rings is 1. The summed E-state index contributed by atoms with van der Waals surface area (Å²) in [7, 11) is 0. The fourth-order valence-corrected chi connectivity index (χ4v) is 3.65. The molecule has 140 valence electrons. The molecule has 3 atom stereocenters. The second-order valence-electron chi connectivity index (χ2n) is 6.96. The number of carbonyl (C=O) groups excluding carboxylic acids is 2. The average Bonchev–Trinajstić information content (AvgIpc) is 3.03. The number of benzene rings is 1. The molecule has 1 saturated carbocycles. The molecule has 2 saturated heterocycles. The number of nitrogens with one attached hydrogen (secondary N) is 1. The minimum atomic E-state index is -3.12. The first kappa shape index (κ1) is 17.0. The largest absolute Gasteiger partial charge is 0.442 e. The highest BCUT2D eigenvalue weighted by atomic mass is 19.3. The van der Waals surface area contributed by atoms with Gasteiger partial charge in [0.2, 0.25) is 0 Å². The Hall–Kier alpha value is -2.45. The van der Waals surface area contributed by atoms with Crippen LogP contribution in [0.15, 0.2) is 18.2 Å². The number of amides is 2. The summed E-state index contributed by atoms with van der Waals surface area (Å²) in [6.07, 6.45) is -3.37. The van der Waals surface area contributed by atoms with Crippen LogP contribution < -0.4 is 15.1 Å². The monoisotopic (exact) mass is 369 g/mol. The van der Waals surface area contributed by atoms with Crippen molar-refractivity contribution in [2.45, 2.75) is 19.0 Å². The van der Waals surface area contributed by atoms with Crippen molar-refractivity contribution < 1.29 is 27.5 Å². The Kier molecular flexibility index (Phi) is 4.16. The van der Waals surface area contributed by atoms with Crippen LogP contribution in [-0.4, -0.2) is 50.7 Å². The van der Waals surface area contributed by atoms with E-state index in [-0.39, 0.29) is 13.1 Å². The van der Waals surface area contributed by atoms with Crippen LogP contribution in [0.5, 0.6) is 0 Å². The van der Waals surface area contributed by atoms with E-state index >= 15 is 0 Å². The molecule has 0 radical (unpaired) electrons. The maximum atomic E-state index is 14.5. The number of cyclic esters (lactones) is 1. The molecule has 0 spiro atoms. The van der Waals surface area contributed by atoms with Gasteiger partial charge in [-0.1, -0.05) is 0 Å². The van der Waals surface area contributed by atoms with Gasteiger partial charge in [0.05, 0.1) is 24.5 Å². The van der Waals surface area contributed by atoms with Gasteiger partial charge in [0.25, 0.3) is 5.91 Å². The van der Waals surface area contributed by atoms with Gasteiger partial charge in [-0.25, -0.2) is 9.18 Å². The maximum absolute atomic E-state index is 14.5. The van der Waals surface area contributed by atoms with Crippen LogP contribution in [-0.2, 0) is 9.53 Å². The summed E-state index contributed by atoms with van der Waals surface area (Å²) in [6, 6.07) is 4.57. The summed E-state index contributed by atoms with van der Waals surface area (Å²) in [6.45, 7) is 1.55. The third-order valence-electron chi connectivity index (χ3n) is 5.14. The molecule has 9 heteroatoms. The molecule has 0 bridgehead atoms. The van der Waals surface area contributed by atoms with Gasteiger partial charge < -0.3 is 15.0 Å². The van der Waals surface area contributed by atoms with E-state index in [2.05, 4.69) is 0 Å². The zero-order valence-corrected chi connectivity index (χ0v) is 13.8. The minimum Gasteiger partial charge on any atom is -0.442 e. The second kappa shape index (κ2) is 6.37. The molecular weight excluding hydrogens is 351 g/mol. The first-order chi connectivity index (χ1) is 12.4. The summed E-state index contributed by atoms with van der Waals surface area (Å²) in [5.74, 6) is -0.483. The summed E-state index contributed by atoms with van der Waals surface area (Å²) in [5.41, 5.74) is 0.859. The standard InChI is InChI=1S/C17H18F3N3O3/c18-13-4-11(1-2-14(13)22-6-9-3-10(9)7-22)23-8-12(26-17(23)25)5-21-16(24)15(19)20/h1-2,4,9-10,12,15H,3,5-8H2,(H,21,24)/t9?,10?,12-/m0/s1. The third kappa shape index (κ3) is 3.17. The molecule has 2 unspecified atom stereocenters. The van der Waals surface area contributed by atoms with Crippen molar-refractivity contribution in [1.82, 2.24) is 5.32 Å². The Morgan fingerprint density at radius 3 is 2.65 bits per heavy atom. The molecule has 6 nitrogen and oxygen atoms in total. The number of rotatable bonds is 5. The lowest BCUT2D eigenvalue weighted by molar-refractivity contribution is -0.132. The fraction of sp³-hybridized carbons (Fsp3) is 0.529. The van der Waals surface area contributed by atoms with E-state index in [9.17, 15) is 22.8 Å². The van der Waals surface area contributed by atoms with Gasteiger partial charge in [-0.2, -0.15) is 8.78 Å². The van der Waals surface area contributed by atoms with Gasteiger partial charge in [-0.15, -0.1) is 0 Å². The summed E-state index contributed by atoms with van der Waals surface area (Å²) in [4.78, 5) is 26.1. The van der Waals surface area contributed by atoms with Crippen LogP contribution in [0, 0.1) is 17.7 Å². The molecule has 1 aromatic rings. The van der Waals surface area contributed by atoms with Crippen molar-refractivity contribution in [3.05, 3.63) is 24.0 Å². The molecule has 2 heterocycles. The Bertz CT molecular complexity index is 735. The molecule has 2 aliphatic heterocycles. The number of ether oxygens (including phenoxy) is 1. The lowest BCUT2D eigenvalue weighted by Gasteiger charge is -2.22. The van der Waals surface area contributed by atoms with Gasteiger partial charge in [0.1, 0.15) is 11.9 Å². The smallest absolute Gasteiger partial charge is 0.414 e. The second-order valence-corrected chi connectivity index (χ2v) is 6.96. The van der Waals surface area contributed by atoms with E-state index in [1.54, 1.807) is 12.1 Å². The number of hydrogen-bond donors (Lipinski definition) is 1. The SMILES string of the molecule is O=C(NC[C@H]1CN(c2ccc(N3CC4CC4C3)c(F)c2)C(=O)O1)C(F)F. The summed E-state index contributed by atoms with van der Waals surface area (Å²) >= 11 is 0. The number of fused-ring (bicyclic) bond motifs is 1. The molecule has 2 amide bonds. The van der Waals surface area contributed by atoms with Crippen LogP contribution in [0.3, 0.4) is 0 Å². The minimum absolute atomic E-state index is 0.0506. The van der Waals surface area contributed by atoms with E-state index < -0.39 is 30.3 Å². The Balaban J connectivity index is 1.40.